The molecule has 1 rings (SSSR count). The fourth-order valence-corrected chi connectivity index (χ4v) is 1.31. The SMILES string of the molecule is CC(C)CN=C(NN)NC1CNC(=O)C1. The van der Waals surface area contributed by atoms with Gasteiger partial charge in [-0.05, 0) is 5.92 Å². The molecule has 1 heterocycles. The standard InChI is InChI=1S/C9H19N5O/c1-6(2)4-12-9(14-10)13-7-3-8(15)11-5-7/h6-7H,3-5,10H2,1-2H3,(H,11,15)(H2,12,13,14). The van der Waals surface area contributed by atoms with Crippen molar-refractivity contribution in [2.24, 2.45) is 16.8 Å². The lowest BCUT2D eigenvalue weighted by Gasteiger charge is -2.14. The quantitative estimate of drug-likeness (QED) is 0.208. The molecule has 1 aliphatic heterocycles. The normalized spacial score (nSPS) is 21.7. The van der Waals surface area contributed by atoms with Crippen LogP contribution in [0.2, 0.25) is 0 Å². The molecule has 1 atom stereocenters. The maximum atomic E-state index is 10.9. The Labute approximate surface area is 89.7 Å². The molecule has 1 amide bonds. The number of amides is 1. The number of guanidine groups is 1. The Balaban J connectivity index is 2.39. The molecule has 0 aromatic rings. The van der Waals surface area contributed by atoms with Gasteiger partial charge in [0.2, 0.25) is 11.9 Å². The maximum Gasteiger partial charge on any atom is 0.222 e. The van der Waals surface area contributed by atoms with Crippen LogP contribution in [0.3, 0.4) is 0 Å². The number of carbonyl (C=O) groups is 1. The fraction of sp³-hybridized carbons (Fsp3) is 0.778. The van der Waals surface area contributed by atoms with Crippen LogP contribution >= 0.6 is 0 Å². The molecule has 6 nitrogen and oxygen atoms in total. The second-order valence-electron chi connectivity index (χ2n) is 4.08. The molecule has 0 radical (unpaired) electrons. The van der Waals surface area contributed by atoms with Crippen molar-refractivity contribution in [2.75, 3.05) is 13.1 Å². The predicted molar refractivity (Wildman–Crippen MR) is 59.0 cm³/mol. The average molecular weight is 213 g/mol. The maximum absolute atomic E-state index is 10.9. The zero-order chi connectivity index (χ0) is 11.3. The van der Waals surface area contributed by atoms with E-state index in [-0.39, 0.29) is 11.9 Å². The van der Waals surface area contributed by atoms with E-state index < -0.39 is 0 Å². The van der Waals surface area contributed by atoms with Gasteiger partial charge in [-0.2, -0.15) is 0 Å². The van der Waals surface area contributed by atoms with Crippen LogP contribution < -0.4 is 21.9 Å². The first-order chi connectivity index (χ1) is 7.11. The summed E-state index contributed by atoms with van der Waals surface area (Å²) < 4.78 is 0. The topological polar surface area (TPSA) is 91.5 Å². The fourth-order valence-electron chi connectivity index (χ4n) is 1.31. The zero-order valence-electron chi connectivity index (χ0n) is 9.21. The number of hydrazine groups is 1. The molecule has 0 bridgehead atoms. The van der Waals surface area contributed by atoms with Gasteiger partial charge in [0.25, 0.3) is 0 Å². The second kappa shape index (κ2) is 5.55. The molecule has 1 aliphatic rings. The van der Waals surface area contributed by atoms with Crippen LogP contribution in [0.5, 0.6) is 0 Å². The summed E-state index contributed by atoms with van der Waals surface area (Å²) in [7, 11) is 0. The van der Waals surface area contributed by atoms with Gasteiger partial charge in [-0.25, -0.2) is 5.84 Å². The highest BCUT2D eigenvalue weighted by Gasteiger charge is 2.21. The molecule has 5 N–H and O–H groups in total. The largest absolute Gasteiger partial charge is 0.354 e. The van der Waals surface area contributed by atoms with E-state index in [1.54, 1.807) is 0 Å². The molecule has 0 aromatic carbocycles. The molecule has 0 saturated carbocycles. The van der Waals surface area contributed by atoms with E-state index in [4.69, 9.17) is 5.84 Å². The Morgan fingerprint density at radius 1 is 1.73 bits per heavy atom. The van der Waals surface area contributed by atoms with Crippen molar-refractivity contribution in [3.05, 3.63) is 0 Å². The predicted octanol–water partition coefficient (Wildman–Crippen LogP) is -1.06. The highest BCUT2D eigenvalue weighted by molar-refractivity contribution is 5.83. The molecule has 0 spiro atoms. The monoisotopic (exact) mass is 213 g/mol. The lowest BCUT2D eigenvalue weighted by molar-refractivity contribution is -0.119. The third-order valence-electron chi connectivity index (χ3n) is 2.07. The van der Waals surface area contributed by atoms with Gasteiger partial charge in [-0.1, -0.05) is 13.8 Å². The first-order valence-electron chi connectivity index (χ1n) is 5.16. The molecule has 1 fully saturated rings. The number of hydrogen-bond acceptors (Lipinski definition) is 3. The molecular weight excluding hydrogens is 194 g/mol. The van der Waals surface area contributed by atoms with Crippen molar-refractivity contribution in [1.29, 1.82) is 0 Å². The van der Waals surface area contributed by atoms with Crippen molar-refractivity contribution >= 4 is 11.9 Å². The van der Waals surface area contributed by atoms with Gasteiger partial charge in [0.15, 0.2) is 0 Å². The smallest absolute Gasteiger partial charge is 0.222 e. The number of carbonyl (C=O) groups excluding carboxylic acids is 1. The van der Waals surface area contributed by atoms with E-state index in [9.17, 15) is 4.79 Å². The number of nitrogens with one attached hydrogen (secondary N) is 3. The van der Waals surface area contributed by atoms with E-state index in [1.807, 2.05) is 0 Å². The number of nitrogens with two attached hydrogens (primary N) is 1. The van der Waals surface area contributed by atoms with Crippen LogP contribution in [0, 0.1) is 5.92 Å². The Kier molecular flexibility index (Phi) is 4.36. The van der Waals surface area contributed by atoms with E-state index in [0.29, 0.717) is 31.4 Å². The number of aliphatic imine (C=N–C) groups is 1. The number of nitrogens with zero attached hydrogens (tertiary/aromatic N) is 1. The van der Waals surface area contributed by atoms with Crippen LogP contribution in [0.4, 0.5) is 0 Å². The van der Waals surface area contributed by atoms with Crippen LogP contribution in [-0.4, -0.2) is 31.0 Å². The molecule has 6 heteroatoms. The van der Waals surface area contributed by atoms with Crippen LogP contribution in [-0.2, 0) is 4.79 Å². The molecule has 0 aliphatic carbocycles. The summed E-state index contributed by atoms with van der Waals surface area (Å²) >= 11 is 0. The second-order valence-corrected chi connectivity index (χ2v) is 4.08. The van der Waals surface area contributed by atoms with Gasteiger partial charge in [-0.15, -0.1) is 0 Å². The number of hydrogen-bond donors (Lipinski definition) is 4. The van der Waals surface area contributed by atoms with Crippen molar-refractivity contribution in [2.45, 2.75) is 26.3 Å². The summed E-state index contributed by atoms with van der Waals surface area (Å²) in [5, 5.41) is 5.82. The Hall–Kier alpha value is -1.30. The Morgan fingerprint density at radius 2 is 2.47 bits per heavy atom. The molecule has 1 saturated heterocycles. The van der Waals surface area contributed by atoms with E-state index in [0.717, 1.165) is 0 Å². The van der Waals surface area contributed by atoms with Crippen LogP contribution in [0.25, 0.3) is 0 Å². The van der Waals surface area contributed by atoms with E-state index in [1.165, 1.54) is 0 Å². The summed E-state index contributed by atoms with van der Waals surface area (Å²) in [6.45, 7) is 5.50. The van der Waals surface area contributed by atoms with Crippen LogP contribution in [0.15, 0.2) is 4.99 Å². The van der Waals surface area contributed by atoms with Crippen molar-refractivity contribution < 1.29 is 4.79 Å². The van der Waals surface area contributed by atoms with Crippen molar-refractivity contribution in [1.82, 2.24) is 16.1 Å². The summed E-state index contributed by atoms with van der Waals surface area (Å²) in [6, 6.07) is 0.0828. The van der Waals surface area contributed by atoms with Crippen LogP contribution in [0.1, 0.15) is 20.3 Å². The molecule has 0 aromatic heterocycles. The molecule has 1 unspecified atom stereocenters. The molecule has 15 heavy (non-hydrogen) atoms. The summed E-state index contributed by atoms with van der Waals surface area (Å²) in [5.74, 6) is 6.42. The van der Waals surface area contributed by atoms with E-state index in [2.05, 4.69) is 34.9 Å². The van der Waals surface area contributed by atoms with E-state index >= 15 is 0 Å². The van der Waals surface area contributed by atoms with Gasteiger partial charge < -0.3 is 10.6 Å². The lowest BCUT2D eigenvalue weighted by atomic mass is 10.2. The molecule has 86 valence electrons. The number of rotatable bonds is 3. The summed E-state index contributed by atoms with van der Waals surface area (Å²) in [4.78, 5) is 15.2. The third-order valence-corrected chi connectivity index (χ3v) is 2.07. The zero-order valence-corrected chi connectivity index (χ0v) is 9.21. The Morgan fingerprint density at radius 3 is 2.93 bits per heavy atom. The van der Waals surface area contributed by atoms with Gasteiger partial charge >= 0.3 is 0 Å². The highest BCUT2D eigenvalue weighted by atomic mass is 16.1. The minimum atomic E-state index is 0.0627. The van der Waals surface area contributed by atoms with Gasteiger partial charge in [-0.3, -0.25) is 15.2 Å². The van der Waals surface area contributed by atoms with Gasteiger partial charge in [0, 0.05) is 19.5 Å². The lowest BCUT2D eigenvalue weighted by Crippen LogP contribution is -2.47. The highest BCUT2D eigenvalue weighted by Crippen LogP contribution is 1.98. The molecular formula is C9H19N5O. The third kappa shape index (κ3) is 4.16. The average Bonchev–Trinajstić information content (AvgIpc) is 2.58. The first-order valence-corrected chi connectivity index (χ1v) is 5.16. The minimum Gasteiger partial charge on any atom is -0.354 e. The van der Waals surface area contributed by atoms with Gasteiger partial charge in [0.1, 0.15) is 0 Å². The van der Waals surface area contributed by atoms with Crippen molar-refractivity contribution in [3.63, 3.8) is 0 Å². The first kappa shape index (κ1) is 11.8. The Bertz CT molecular complexity index is 251. The summed E-state index contributed by atoms with van der Waals surface area (Å²) in [5.41, 5.74) is 2.50. The van der Waals surface area contributed by atoms with Gasteiger partial charge in [0.05, 0.1) is 6.04 Å². The van der Waals surface area contributed by atoms with Crippen molar-refractivity contribution in [3.8, 4) is 0 Å². The minimum absolute atomic E-state index is 0.0627. The summed E-state index contributed by atoms with van der Waals surface area (Å²) in [6.07, 6.45) is 0.475.